The smallest absolute Gasteiger partial charge is 0.124 e. The Morgan fingerprint density at radius 1 is 1.20 bits per heavy atom. The van der Waals surface area contributed by atoms with E-state index in [9.17, 15) is 4.39 Å². The lowest BCUT2D eigenvalue weighted by atomic mass is 9.99. The highest BCUT2D eigenvalue weighted by Crippen LogP contribution is 2.27. The number of rotatable bonds is 5. The lowest BCUT2D eigenvalue weighted by molar-refractivity contribution is 0.545. The Balaban J connectivity index is 2.24. The van der Waals surface area contributed by atoms with E-state index in [4.69, 9.17) is 11.6 Å². The lowest BCUT2D eigenvalue weighted by Gasteiger charge is -2.20. The van der Waals surface area contributed by atoms with Crippen molar-refractivity contribution in [2.75, 3.05) is 6.54 Å². The molecule has 4 heteroatoms. The minimum Gasteiger partial charge on any atom is -0.310 e. The van der Waals surface area contributed by atoms with Crippen LogP contribution < -0.4 is 5.32 Å². The fraction of sp³-hybridized carbons (Fsp3) is 0.250. The van der Waals surface area contributed by atoms with Gasteiger partial charge in [0.2, 0.25) is 0 Å². The Bertz CT molecular complexity index is 571. The van der Waals surface area contributed by atoms with E-state index in [-0.39, 0.29) is 11.9 Å². The van der Waals surface area contributed by atoms with Gasteiger partial charge in [-0.1, -0.05) is 52.7 Å². The topological polar surface area (TPSA) is 12.0 Å². The van der Waals surface area contributed by atoms with Crippen molar-refractivity contribution >= 4 is 27.5 Å². The van der Waals surface area contributed by atoms with E-state index in [2.05, 4.69) is 28.2 Å². The molecule has 0 aromatic heterocycles. The Labute approximate surface area is 132 Å². The molecule has 2 rings (SSSR count). The summed E-state index contributed by atoms with van der Waals surface area (Å²) in [5.74, 6) is -0.234. The summed E-state index contributed by atoms with van der Waals surface area (Å²) in [6.45, 7) is 2.91. The zero-order valence-corrected chi connectivity index (χ0v) is 13.5. The van der Waals surface area contributed by atoms with Gasteiger partial charge in [-0.3, -0.25) is 0 Å². The van der Waals surface area contributed by atoms with Crippen molar-refractivity contribution in [2.45, 2.75) is 19.4 Å². The first-order valence-corrected chi connectivity index (χ1v) is 7.70. The van der Waals surface area contributed by atoms with Crippen LogP contribution in [0.2, 0.25) is 5.02 Å². The highest BCUT2D eigenvalue weighted by molar-refractivity contribution is 9.10. The molecule has 1 N–H and O–H groups in total. The molecule has 2 aromatic carbocycles. The van der Waals surface area contributed by atoms with Gasteiger partial charge in [-0.15, -0.1) is 0 Å². The molecule has 0 aliphatic carbocycles. The van der Waals surface area contributed by atoms with Crippen molar-refractivity contribution in [3.05, 3.63) is 68.9 Å². The molecule has 0 spiro atoms. The summed E-state index contributed by atoms with van der Waals surface area (Å²) in [7, 11) is 0. The van der Waals surface area contributed by atoms with E-state index >= 15 is 0 Å². The first-order valence-electron chi connectivity index (χ1n) is 6.53. The monoisotopic (exact) mass is 355 g/mol. The third-order valence-electron chi connectivity index (χ3n) is 3.14. The van der Waals surface area contributed by atoms with Crippen LogP contribution in [0.4, 0.5) is 4.39 Å². The minimum absolute atomic E-state index is 0.135. The maximum Gasteiger partial charge on any atom is 0.124 e. The molecule has 0 fully saturated rings. The third kappa shape index (κ3) is 4.05. The van der Waals surface area contributed by atoms with E-state index in [1.165, 1.54) is 17.7 Å². The molecule has 106 valence electrons. The van der Waals surface area contributed by atoms with Crippen LogP contribution in [-0.4, -0.2) is 6.54 Å². The minimum atomic E-state index is -0.234. The lowest BCUT2D eigenvalue weighted by Crippen LogP contribution is -2.23. The van der Waals surface area contributed by atoms with E-state index in [1.54, 1.807) is 0 Å². The van der Waals surface area contributed by atoms with Gasteiger partial charge in [-0.05, 0) is 48.4 Å². The summed E-state index contributed by atoms with van der Waals surface area (Å²) >= 11 is 9.35. The number of halogens is 3. The zero-order chi connectivity index (χ0) is 14.5. The second kappa shape index (κ2) is 7.21. The number of nitrogens with one attached hydrogen (secondary N) is 1. The van der Waals surface area contributed by atoms with E-state index in [0.29, 0.717) is 0 Å². The highest BCUT2D eigenvalue weighted by Gasteiger charge is 2.14. The molecule has 1 unspecified atom stereocenters. The van der Waals surface area contributed by atoms with E-state index in [1.807, 2.05) is 30.3 Å². The molecule has 0 saturated heterocycles. The van der Waals surface area contributed by atoms with Gasteiger partial charge in [0, 0.05) is 15.5 Å². The highest BCUT2D eigenvalue weighted by atomic mass is 79.9. The molecule has 0 bridgehead atoms. The van der Waals surface area contributed by atoms with Gasteiger partial charge >= 0.3 is 0 Å². The quantitative estimate of drug-likeness (QED) is 0.782. The van der Waals surface area contributed by atoms with Crippen molar-refractivity contribution in [3.63, 3.8) is 0 Å². The predicted molar refractivity (Wildman–Crippen MR) is 85.7 cm³/mol. The van der Waals surface area contributed by atoms with Crippen LogP contribution in [0.25, 0.3) is 0 Å². The molecular weight excluding hydrogens is 341 g/mol. The van der Waals surface area contributed by atoms with Crippen molar-refractivity contribution in [1.82, 2.24) is 5.32 Å². The summed E-state index contributed by atoms with van der Waals surface area (Å²) in [6, 6.07) is 12.8. The fourth-order valence-electron chi connectivity index (χ4n) is 2.18. The predicted octanol–water partition coefficient (Wildman–Crippen LogP) is 5.13. The van der Waals surface area contributed by atoms with Crippen LogP contribution >= 0.6 is 27.5 Å². The van der Waals surface area contributed by atoms with Gasteiger partial charge in [-0.25, -0.2) is 4.39 Å². The van der Waals surface area contributed by atoms with Crippen molar-refractivity contribution in [2.24, 2.45) is 0 Å². The average Bonchev–Trinajstić information content (AvgIpc) is 2.41. The molecule has 0 aliphatic heterocycles. The van der Waals surface area contributed by atoms with Gasteiger partial charge in [0.25, 0.3) is 0 Å². The third-order valence-corrected chi connectivity index (χ3v) is 4.08. The Morgan fingerprint density at radius 2 is 1.90 bits per heavy atom. The average molecular weight is 357 g/mol. The van der Waals surface area contributed by atoms with Gasteiger partial charge in [0.05, 0.1) is 0 Å². The number of hydrogen-bond acceptors (Lipinski definition) is 1. The Kier molecular flexibility index (Phi) is 5.58. The van der Waals surface area contributed by atoms with Crippen LogP contribution in [-0.2, 0) is 6.42 Å². The van der Waals surface area contributed by atoms with Crippen molar-refractivity contribution < 1.29 is 4.39 Å². The maximum atomic E-state index is 13.2. The summed E-state index contributed by atoms with van der Waals surface area (Å²) < 4.78 is 14.0. The normalized spacial score (nSPS) is 12.4. The Morgan fingerprint density at radius 3 is 2.50 bits per heavy atom. The summed E-state index contributed by atoms with van der Waals surface area (Å²) in [5, 5.41) is 4.17. The number of hydrogen-bond donors (Lipinski definition) is 1. The molecule has 0 aliphatic rings. The first-order chi connectivity index (χ1) is 9.60. The molecule has 20 heavy (non-hydrogen) atoms. The van der Waals surface area contributed by atoms with Crippen LogP contribution in [0.15, 0.2) is 46.9 Å². The summed E-state index contributed by atoms with van der Waals surface area (Å²) in [5.41, 5.74) is 2.25. The van der Waals surface area contributed by atoms with Gasteiger partial charge in [0.15, 0.2) is 0 Å². The van der Waals surface area contributed by atoms with E-state index in [0.717, 1.165) is 28.0 Å². The van der Waals surface area contributed by atoms with Crippen LogP contribution in [0, 0.1) is 5.82 Å². The zero-order valence-electron chi connectivity index (χ0n) is 11.2. The second-order valence-corrected chi connectivity index (χ2v) is 5.90. The largest absolute Gasteiger partial charge is 0.310 e. The molecule has 0 radical (unpaired) electrons. The van der Waals surface area contributed by atoms with Gasteiger partial charge in [0.1, 0.15) is 5.82 Å². The SMILES string of the molecule is CCNC(Cc1ccc(Cl)cc1)c1ccc(F)cc1Br. The molecule has 0 heterocycles. The maximum absolute atomic E-state index is 13.2. The molecule has 2 aromatic rings. The van der Waals surface area contributed by atoms with Gasteiger partial charge < -0.3 is 5.32 Å². The Hall–Kier alpha value is -0.900. The second-order valence-electron chi connectivity index (χ2n) is 4.61. The molecule has 0 amide bonds. The first kappa shape index (κ1) is 15.5. The number of benzene rings is 2. The van der Waals surface area contributed by atoms with Crippen molar-refractivity contribution in [3.8, 4) is 0 Å². The molecule has 1 nitrogen and oxygen atoms in total. The molecule has 1 atom stereocenters. The summed E-state index contributed by atoms with van der Waals surface area (Å²) in [6.07, 6.45) is 0.829. The standard InChI is InChI=1S/C16H16BrClFN/c1-2-20-16(9-11-3-5-12(18)6-4-11)14-8-7-13(19)10-15(14)17/h3-8,10,16,20H,2,9H2,1H3. The van der Waals surface area contributed by atoms with Gasteiger partial charge in [-0.2, -0.15) is 0 Å². The number of likely N-dealkylation sites (N-methyl/N-ethyl adjacent to an activating group) is 1. The van der Waals surface area contributed by atoms with Crippen molar-refractivity contribution in [1.29, 1.82) is 0 Å². The van der Waals surface area contributed by atoms with Crippen LogP contribution in [0.3, 0.4) is 0 Å². The van der Waals surface area contributed by atoms with E-state index < -0.39 is 0 Å². The molecular formula is C16H16BrClFN. The summed E-state index contributed by atoms with van der Waals surface area (Å²) in [4.78, 5) is 0. The van der Waals surface area contributed by atoms with Crippen LogP contribution in [0.1, 0.15) is 24.1 Å². The van der Waals surface area contributed by atoms with Crippen LogP contribution in [0.5, 0.6) is 0 Å². The fourth-order valence-corrected chi connectivity index (χ4v) is 2.93. The molecule has 0 saturated carbocycles.